The molecule has 7 heteroatoms. The maximum atomic E-state index is 12.6. The zero-order valence-electron chi connectivity index (χ0n) is 15.5. The van der Waals surface area contributed by atoms with Gasteiger partial charge in [-0.05, 0) is 42.8 Å². The molecule has 1 atom stereocenters. The minimum atomic E-state index is -0.0841. The van der Waals surface area contributed by atoms with Crippen LogP contribution in [0.15, 0.2) is 53.1 Å². The summed E-state index contributed by atoms with van der Waals surface area (Å²) in [4.78, 5) is 18.5. The Morgan fingerprint density at radius 2 is 1.89 bits per heavy atom. The lowest BCUT2D eigenvalue weighted by Crippen LogP contribution is -2.29. The van der Waals surface area contributed by atoms with Crippen LogP contribution in [-0.2, 0) is 11.2 Å². The molecule has 0 saturated carbocycles. The molecule has 1 unspecified atom stereocenters. The Morgan fingerprint density at radius 3 is 2.61 bits per heavy atom. The van der Waals surface area contributed by atoms with Gasteiger partial charge in [0, 0.05) is 35.5 Å². The van der Waals surface area contributed by atoms with Crippen molar-refractivity contribution in [3.63, 3.8) is 0 Å². The molecule has 2 aromatic carbocycles. The number of hydrogen-bond donors (Lipinski definition) is 0. The van der Waals surface area contributed by atoms with E-state index in [-0.39, 0.29) is 18.4 Å². The maximum absolute atomic E-state index is 12.6. The van der Waals surface area contributed by atoms with Gasteiger partial charge < -0.3 is 9.32 Å². The standard InChI is InChI=1S/C21H19Cl3N2O2/c1-13(14-4-3-5-15(22)10-14)26(2)21(27)9-8-20-25-12-19(28-20)17-7-6-16(23)11-18(17)24/h3-7,10-13H,8-9H2,1-2H3. The molecular weight excluding hydrogens is 419 g/mol. The molecule has 4 nitrogen and oxygen atoms in total. The predicted molar refractivity (Wildman–Crippen MR) is 113 cm³/mol. The van der Waals surface area contributed by atoms with Crippen molar-refractivity contribution in [2.24, 2.45) is 0 Å². The number of carbonyl (C=O) groups excluding carboxylic acids is 1. The number of halogens is 3. The van der Waals surface area contributed by atoms with Crippen molar-refractivity contribution in [2.75, 3.05) is 7.05 Å². The molecule has 0 aliphatic carbocycles. The van der Waals surface area contributed by atoms with Crippen molar-refractivity contribution in [2.45, 2.75) is 25.8 Å². The Morgan fingerprint density at radius 1 is 1.14 bits per heavy atom. The fourth-order valence-corrected chi connectivity index (χ4v) is 3.54. The average Bonchev–Trinajstić information content (AvgIpc) is 3.13. The Balaban J connectivity index is 1.62. The van der Waals surface area contributed by atoms with Crippen molar-refractivity contribution >= 4 is 40.7 Å². The lowest BCUT2D eigenvalue weighted by atomic mass is 10.1. The first-order valence-corrected chi connectivity index (χ1v) is 9.90. The Bertz CT molecular complexity index is 987. The van der Waals surface area contributed by atoms with E-state index in [1.165, 1.54) is 0 Å². The van der Waals surface area contributed by atoms with Gasteiger partial charge in [-0.25, -0.2) is 4.98 Å². The van der Waals surface area contributed by atoms with Gasteiger partial charge in [-0.15, -0.1) is 0 Å². The number of amides is 1. The molecular formula is C21H19Cl3N2O2. The van der Waals surface area contributed by atoms with Gasteiger partial charge in [0.2, 0.25) is 5.91 Å². The summed E-state index contributed by atoms with van der Waals surface area (Å²) in [5.74, 6) is 1.03. The molecule has 0 spiro atoms. The van der Waals surface area contributed by atoms with E-state index in [1.54, 1.807) is 36.3 Å². The van der Waals surface area contributed by atoms with Crippen LogP contribution in [0, 0.1) is 0 Å². The van der Waals surface area contributed by atoms with Gasteiger partial charge in [0.25, 0.3) is 0 Å². The van der Waals surface area contributed by atoms with Crippen LogP contribution in [0.1, 0.15) is 30.8 Å². The molecule has 0 N–H and O–H groups in total. The van der Waals surface area contributed by atoms with Crippen LogP contribution in [-0.4, -0.2) is 22.8 Å². The van der Waals surface area contributed by atoms with E-state index in [4.69, 9.17) is 39.2 Å². The van der Waals surface area contributed by atoms with Crippen LogP contribution in [0.2, 0.25) is 15.1 Å². The van der Waals surface area contributed by atoms with E-state index in [1.807, 2.05) is 31.2 Å². The first-order valence-electron chi connectivity index (χ1n) is 8.76. The molecule has 3 aromatic rings. The van der Waals surface area contributed by atoms with Crippen molar-refractivity contribution < 1.29 is 9.21 Å². The molecule has 0 aliphatic heterocycles. The van der Waals surface area contributed by atoms with Crippen molar-refractivity contribution in [3.8, 4) is 11.3 Å². The van der Waals surface area contributed by atoms with Crippen LogP contribution in [0.4, 0.5) is 0 Å². The van der Waals surface area contributed by atoms with Crippen LogP contribution in [0.25, 0.3) is 11.3 Å². The summed E-state index contributed by atoms with van der Waals surface area (Å²) in [6.07, 6.45) is 2.29. The van der Waals surface area contributed by atoms with Crippen LogP contribution < -0.4 is 0 Å². The highest BCUT2D eigenvalue weighted by atomic mass is 35.5. The third-order valence-corrected chi connectivity index (χ3v) is 5.39. The molecule has 0 fully saturated rings. The minimum absolute atomic E-state index is 0.00301. The lowest BCUT2D eigenvalue weighted by molar-refractivity contribution is -0.131. The van der Waals surface area contributed by atoms with Gasteiger partial charge in [-0.1, -0.05) is 46.9 Å². The summed E-state index contributed by atoms with van der Waals surface area (Å²) in [5.41, 5.74) is 1.70. The Labute approximate surface area is 179 Å². The average molecular weight is 438 g/mol. The lowest BCUT2D eigenvalue weighted by Gasteiger charge is -2.25. The van der Waals surface area contributed by atoms with Crippen LogP contribution >= 0.6 is 34.8 Å². The molecule has 1 aromatic heterocycles. The molecule has 0 saturated heterocycles. The van der Waals surface area contributed by atoms with Gasteiger partial charge in [0.05, 0.1) is 17.3 Å². The fraction of sp³-hybridized carbons (Fsp3) is 0.238. The number of rotatable bonds is 6. The summed E-state index contributed by atoms with van der Waals surface area (Å²) in [7, 11) is 1.78. The van der Waals surface area contributed by atoms with E-state index in [0.717, 1.165) is 5.56 Å². The number of hydrogen-bond acceptors (Lipinski definition) is 3. The number of carbonyl (C=O) groups is 1. The Kier molecular flexibility index (Phi) is 6.65. The topological polar surface area (TPSA) is 46.3 Å². The SMILES string of the molecule is CC(c1cccc(Cl)c1)N(C)C(=O)CCc1ncc(-c2ccc(Cl)cc2Cl)o1. The van der Waals surface area contributed by atoms with E-state index >= 15 is 0 Å². The summed E-state index contributed by atoms with van der Waals surface area (Å²) in [6.45, 7) is 1.97. The molecule has 28 heavy (non-hydrogen) atoms. The van der Waals surface area contributed by atoms with Gasteiger partial charge in [0.1, 0.15) is 0 Å². The van der Waals surface area contributed by atoms with Crippen molar-refractivity contribution in [3.05, 3.63) is 75.2 Å². The molecule has 3 rings (SSSR count). The molecule has 1 amide bonds. The van der Waals surface area contributed by atoms with Gasteiger partial charge in [0.15, 0.2) is 11.7 Å². The molecule has 0 bridgehead atoms. The monoisotopic (exact) mass is 436 g/mol. The third kappa shape index (κ3) is 4.88. The first kappa shape index (κ1) is 20.7. The van der Waals surface area contributed by atoms with E-state index in [2.05, 4.69) is 4.98 Å². The second-order valence-corrected chi connectivity index (χ2v) is 7.76. The van der Waals surface area contributed by atoms with Gasteiger partial charge in [-0.3, -0.25) is 4.79 Å². The number of benzene rings is 2. The quantitative estimate of drug-likeness (QED) is 0.445. The summed E-state index contributed by atoms with van der Waals surface area (Å²) < 4.78 is 5.75. The minimum Gasteiger partial charge on any atom is -0.441 e. The smallest absolute Gasteiger partial charge is 0.223 e. The third-order valence-electron chi connectivity index (χ3n) is 4.61. The molecule has 146 valence electrons. The van der Waals surface area contributed by atoms with Crippen LogP contribution in [0.3, 0.4) is 0 Å². The molecule has 0 aliphatic rings. The highest BCUT2D eigenvalue weighted by Gasteiger charge is 2.19. The number of nitrogens with zero attached hydrogens (tertiary/aromatic N) is 2. The van der Waals surface area contributed by atoms with E-state index in [0.29, 0.717) is 38.7 Å². The largest absolute Gasteiger partial charge is 0.441 e. The summed E-state index contributed by atoms with van der Waals surface area (Å²) >= 11 is 18.2. The second-order valence-electron chi connectivity index (χ2n) is 6.48. The zero-order chi connectivity index (χ0) is 20.3. The zero-order valence-corrected chi connectivity index (χ0v) is 17.7. The van der Waals surface area contributed by atoms with Gasteiger partial charge >= 0.3 is 0 Å². The molecule has 0 radical (unpaired) electrons. The van der Waals surface area contributed by atoms with E-state index in [9.17, 15) is 4.79 Å². The highest BCUT2D eigenvalue weighted by Crippen LogP contribution is 2.31. The summed E-state index contributed by atoms with van der Waals surface area (Å²) in [6, 6.07) is 12.6. The van der Waals surface area contributed by atoms with Gasteiger partial charge in [-0.2, -0.15) is 0 Å². The normalized spacial score (nSPS) is 12.0. The van der Waals surface area contributed by atoms with Crippen LogP contribution in [0.5, 0.6) is 0 Å². The van der Waals surface area contributed by atoms with Crippen molar-refractivity contribution in [1.82, 2.24) is 9.88 Å². The van der Waals surface area contributed by atoms with Crippen molar-refractivity contribution in [1.29, 1.82) is 0 Å². The fourth-order valence-electron chi connectivity index (χ4n) is 2.84. The first-order chi connectivity index (χ1) is 13.3. The highest BCUT2D eigenvalue weighted by molar-refractivity contribution is 6.36. The predicted octanol–water partition coefficient (Wildman–Crippen LogP) is 6.45. The Hall–Kier alpha value is -2.01. The van der Waals surface area contributed by atoms with E-state index < -0.39 is 0 Å². The maximum Gasteiger partial charge on any atom is 0.223 e. The number of aromatic nitrogens is 1. The number of oxazole rings is 1. The second kappa shape index (κ2) is 8.99. The molecule has 1 heterocycles. The number of aryl methyl sites for hydroxylation is 1. The summed E-state index contributed by atoms with van der Waals surface area (Å²) in [5, 5.41) is 1.69.